The summed E-state index contributed by atoms with van der Waals surface area (Å²) < 4.78 is 13.0. The largest absolute Gasteiger partial charge is 0.339 e. The lowest BCUT2D eigenvalue weighted by molar-refractivity contribution is 0.0773. The van der Waals surface area contributed by atoms with Crippen molar-refractivity contribution in [1.29, 1.82) is 0 Å². The van der Waals surface area contributed by atoms with Crippen molar-refractivity contribution in [3.63, 3.8) is 0 Å². The van der Waals surface area contributed by atoms with Crippen LogP contribution in [0, 0.1) is 5.82 Å². The maximum Gasteiger partial charge on any atom is 0.253 e. The summed E-state index contributed by atoms with van der Waals surface area (Å²) in [5.41, 5.74) is 3.37. The third kappa shape index (κ3) is 4.95. The van der Waals surface area contributed by atoms with Crippen molar-refractivity contribution in [2.45, 2.75) is 24.6 Å². The van der Waals surface area contributed by atoms with Crippen molar-refractivity contribution in [2.75, 3.05) is 13.1 Å². The molecule has 0 aliphatic rings. The van der Waals surface area contributed by atoms with Gasteiger partial charge in [0.15, 0.2) is 0 Å². The van der Waals surface area contributed by atoms with E-state index < -0.39 is 0 Å². The summed E-state index contributed by atoms with van der Waals surface area (Å²) in [6.45, 7) is 5.38. The minimum Gasteiger partial charge on any atom is -0.339 e. The van der Waals surface area contributed by atoms with Gasteiger partial charge in [-0.3, -0.25) is 4.79 Å². The van der Waals surface area contributed by atoms with Crippen molar-refractivity contribution in [2.24, 2.45) is 0 Å². The van der Waals surface area contributed by atoms with E-state index in [1.165, 1.54) is 12.1 Å². The van der Waals surface area contributed by atoms with Crippen molar-refractivity contribution >= 4 is 17.7 Å². The summed E-state index contributed by atoms with van der Waals surface area (Å²) in [4.78, 5) is 14.2. The SMILES string of the molecule is CCN(CC)C(=O)c1ccc(CSc2ccc(-c3ccc(F)cc3)nn2)cc1. The van der Waals surface area contributed by atoms with Crippen LogP contribution < -0.4 is 0 Å². The predicted molar refractivity (Wildman–Crippen MR) is 111 cm³/mol. The van der Waals surface area contributed by atoms with Crippen LogP contribution in [-0.2, 0) is 5.75 Å². The molecular formula is C22H22FN3OS. The maximum absolute atomic E-state index is 13.0. The van der Waals surface area contributed by atoms with Gasteiger partial charge < -0.3 is 4.90 Å². The van der Waals surface area contributed by atoms with Gasteiger partial charge in [-0.2, -0.15) is 0 Å². The van der Waals surface area contributed by atoms with Gasteiger partial charge in [0.05, 0.1) is 5.69 Å². The molecule has 28 heavy (non-hydrogen) atoms. The van der Waals surface area contributed by atoms with E-state index in [2.05, 4.69) is 10.2 Å². The molecule has 0 fully saturated rings. The van der Waals surface area contributed by atoms with E-state index in [0.29, 0.717) is 24.3 Å². The van der Waals surface area contributed by atoms with E-state index in [-0.39, 0.29) is 11.7 Å². The Labute approximate surface area is 168 Å². The zero-order valence-corrected chi connectivity index (χ0v) is 16.7. The molecule has 1 heterocycles. The summed E-state index contributed by atoms with van der Waals surface area (Å²) in [5.74, 6) is 0.532. The molecule has 0 bridgehead atoms. The van der Waals surface area contributed by atoms with Gasteiger partial charge in [-0.15, -0.1) is 10.2 Å². The van der Waals surface area contributed by atoms with Gasteiger partial charge in [-0.1, -0.05) is 23.9 Å². The lowest BCUT2D eigenvalue weighted by atomic mass is 10.1. The number of amides is 1. The van der Waals surface area contributed by atoms with Crippen molar-refractivity contribution in [1.82, 2.24) is 15.1 Å². The van der Waals surface area contributed by atoms with Gasteiger partial charge in [0.25, 0.3) is 5.91 Å². The number of rotatable bonds is 7. The average Bonchev–Trinajstić information content (AvgIpc) is 2.74. The fraction of sp³-hybridized carbons (Fsp3) is 0.227. The molecule has 4 nitrogen and oxygen atoms in total. The Morgan fingerprint density at radius 1 is 0.929 bits per heavy atom. The molecule has 0 saturated carbocycles. The van der Waals surface area contributed by atoms with Gasteiger partial charge in [-0.25, -0.2) is 4.39 Å². The Kier molecular flexibility index (Phi) is 6.76. The highest BCUT2D eigenvalue weighted by molar-refractivity contribution is 7.98. The van der Waals surface area contributed by atoms with E-state index in [4.69, 9.17) is 0 Å². The lowest BCUT2D eigenvalue weighted by Gasteiger charge is -2.18. The van der Waals surface area contributed by atoms with E-state index in [9.17, 15) is 9.18 Å². The number of carbonyl (C=O) groups is 1. The molecule has 0 aliphatic carbocycles. The van der Waals surface area contributed by atoms with Gasteiger partial charge in [0.1, 0.15) is 10.8 Å². The third-order valence-corrected chi connectivity index (χ3v) is 5.41. The highest BCUT2D eigenvalue weighted by Crippen LogP contribution is 2.23. The Balaban J connectivity index is 1.59. The number of aromatic nitrogens is 2. The van der Waals surface area contributed by atoms with Crippen LogP contribution >= 0.6 is 11.8 Å². The molecule has 0 radical (unpaired) electrons. The first-order valence-corrected chi connectivity index (χ1v) is 10.2. The van der Waals surface area contributed by atoms with Crippen LogP contribution in [0.25, 0.3) is 11.3 Å². The van der Waals surface area contributed by atoms with Crippen LogP contribution in [0.15, 0.2) is 65.7 Å². The van der Waals surface area contributed by atoms with Crippen LogP contribution in [0.3, 0.4) is 0 Å². The first kappa shape index (κ1) is 20.0. The predicted octanol–water partition coefficient (Wildman–Crippen LogP) is 5.06. The maximum atomic E-state index is 13.0. The average molecular weight is 396 g/mol. The summed E-state index contributed by atoms with van der Waals surface area (Å²) in [6, 6.07) is 17.7. The Morgan fingerprint density at radius 2 is 1.61 bits per heavy atom. The number of hydrogen-bond acceptors (Lipinski definition) is 4. The van der Waals surface area contributed by atoms with Crippen molar-refractivity contribution in [3.05, 3.63) is 77.6 Å². The molecule has 1 aromatic heterocycles. The quantitative estimate of drug-likeness (QED) is 0.525. The lowest BCUT2D eigenvalue weighted by Crippen LogP contribution is -2.30. The standard InChI is InChI=1S/C22H22FN3OS/c1-3-26(4-2)22(27)18-7-5-16(6-8-18)15-28-21-14-13-20(24-25-21)17-9-11-19(23)12-10-17/h5-14H,3-4,15H2,1-2H3. The zero-order valence-electron chi connectivity index (χ0n) is 15.9. The monoisotopic (exact) mass is 395 g/mol. The Morgan fingerprint density at radius 3 is 2.18 bits per heavy atom. The number of carbonyl (C=O) groups excluding carboxylic acids is 1. The molecule has 0 atom stereocenters. The molecule has 0 unspecified atom stereocenters. The highest BCUT2D eigenvalue weighted by atomic mass is 32.2. The van der Waals surface area contributed by atoms with E-state index in [1.54, 1.807) is 23.9 Å². The molecular weight excluding hydrogens is 373 g/mol. The molecule has 2 aromatic carbocycles. The first-order valence-electron chi connectivity index (χ1n) is 9.21. The normalized spacial score (nSPS) is 10.7. The molecule has 3 aromatic rings. The minimum atomic E-state index is -0.270. The Hall–Kier alpha value is -2.73. The van der Waals surface area contributed by atoms with Gasteiger partial charge in [0, 0.05) is 30.0 Å². The topological polar surface area (TPSA) is 46.1 Å². The fourth-order valence-electron chi connectivity index (χ4n) is 2.77. The molecule has 0 saturated heterocycles. The van der Waals surface area contributed by atoms with Crippen LogP contribution in [0.4, 0.5) is 4.39 Å². The first-order chi connectivity index (χ1) is 13.6. The molecule has 0 N–H and O–H groups in total. The van der Waals surface area contributed by atoms with Gasteiger partial charge in [0.2, 0.25) is 0 Å². The van der Waals surface area contributed by atoms with Crippen LogP contribution in [0.5, 0.6) is 0 Å². The molecule has 1 amide bonds. The third-order valence-electron chi connectivity index (χ3n) is 4.42. The summed E-state index contributed by atoms with van der Waals surface area (Å²) >= 11 is 1.58. The van der Waals surface area contributed by atoms with E-state index in [1.807, 2.05) is 55.1 Å². The molecule has 0 aliphatic heterocycles. The smallest absolute Gasteiger partial charge is 0.253 e. The fourth-order valence-corrected chi connectivity index (χ4v) is 3.54. The molecule has 6 heteroatoms. The van der Waals surface area contributed by atoms with Gasteiger partial charge in [-0.05, 0) is 67.9 Å². The van der Waals surface area contributed by atoms with Crippen LogP contribution in [0.1, 0.15) is 29.8 Å². The summed E-state index contributed by atoms with van der Waals surface area (Å²) in [6.07, 6.45) is 0. The number of halogens is 1. The second-order valence-electron chi connectivity index (χ2n) is 6.23. The summed E-state index contributed by atoms with van der Waals surface area (Å²) in [5, 5.41) is 9.28. The number of benzene rings is 2. The minimum absolute atomic E-state index is 0.0615. The van der Waals surface area contributed by atoms with E-state index >= 15 is 0 Å². The van der Waals surface area contributed by atoms with E-state index in [0.717, 1.165) is 21.9 Å². The van der Waals surface area contributed by atoms with Crippen molar-refractivity contribution < 1.29 is 9.18 Å². The molecule has 3 rings (SSSR count). The zero-order chi connectivity index (χ0) is 19.9. The second-order valence-corrected chi connectivity index (χ2v) is 7.22. The number of thioether (sulfide) groups is 1. The van der Waals surface area contributed by atoms with Crippen LogP contribution in [0.2, 0.25) is 0 Å². The Bertz CT molecular complexity index is 908. The summed E-state index contributed by atoms with van der Waals surface area (Å²) in [7, 11) is 0. The van der Waals surface area contributed by atoms with Gasteiger partial charge >= 0.3 is 0 Å². The molecule has 144 valence electrons. The molecule has 0 spiro atoms. The number of hydrogen-bond donors (Lipinski definition) is 0. The number of nitrogens with zero attached hydrogens (tertiary/aromatic N) is 3. The van der Waals surface area contributed by atoms with Crippen molar-refractivity contribution in [3.8, 4) is 11.3 Å². The van der Waals surface area contributed by atoms with Crippen LogP contribution in [-0.4, -0.2) is 34.1 Å². The highest BCUT2D eigenvalue weighted by Gasteiger charge is 2.12. The second kappa shape index (κ2) is 9.46.